The Hall–Kier alpha value is -2.83. The summed E-state index contributed by atoms with van der Waals surface area (Å²) in [5, 5.41) is 15.0. The summed E-state index contributed by atoms with van der Waals surface area (Å²) in [6.07, 6.45) is 5.29. The molecule has 30 heavy (non-hydrogen) atoms. The van der Waals surface area contributed by atoms with Gasteiger partial charge in [-0.05, 0) is 6.08 Å². The molecule has 1 aliphatic carbocycles. The smallest absolute Gasteiger partial charge is 0.311 e. The zero-order chi connectivity index (χ0) is 21.9. The number of allylic oxidation sites excluding steroid dienone is 2. The molecule has 2 N–H and O–H groups in total. The molecule has 1 unspecified atom stereocenters. The first-order valence-corrected chi connectivity index (χ1v) is 10.9. The SMILES string of the molecule is CS(=O)(=O)NCCOc1cc2ncnc(NC3C=CC(F)=C(Cl)C3)c2cc1[N+](=O)[O-]. The van der Waals surface area contributed by atoms with Crippen molar-refractivity contribution in [3.63, 3.8) is 0 Å². The fraction of sp³-hybridized carbons (Fsp3) is 0.294. The van der Waals surface area contributed by atoms with Crippen molar-refractivity contribution in [1.82, 2.24) is 14.7 Å². The third-order valence-electron chi connectivity index (χ3n) is 4.09. The highest BCUT2D eigenvalue weighted by Gasteiger charge is 2.21. The van der Waals surface area contributed by atoms with Crippen LogP contribution < -0.4 is 14.8 Å². The van der Waals surface area contributed by atoms with Crippen molar-refractivity contribution in [3.8, 4) is 5.75 Å². The molecule has 160 valence electrons. The first kappa shape index (κ1) is 21.9. The maximum absolute atomic E-state index is 13.4. The number of aromatic nitrogens is 2. The monoisotopic (exact) mass is 457 g/mol. The van der Waals surface area contributed by atoms with E-state index in [9.17, 15) is 22.9 Å². The lowest BCUT2D eigenvalue weighted by molar-refractivity contribution is -0.385. The van der Waals surface area contributed by atoms with Crippen LogP contribution >= 0.6 is 11.6 Å². The van der Waals surface area contributed by atoms with E-state index in [2.05, 4.69) is 20.0 Å². The topological polar surface area (TPSA) is 136 Å². The Labute approximate surface area is 176 Å². The average molecular weight is 458 g/mol. The molecule has 0 saturated carbocycles. The number of ether oxygens (including phenoxy) is 1. The fourth-order valence-electron chi connectivity index (χ4n) is 2.76. The van der Waals surface area contributed by atoms with Crippen molar-refractivity contribution in [2.45, 2.75) is 12.5 Å². The molecule has 0 saturated heterocycles. The number of halogens is 2. The van der Waals surface area contributed by atoms with Crippen LogP contribution in [0.15, 0.2) is 41.5 Å². The van der Waals surface area contributed by atoms with Crippen molar-refractivity contribution in [3.05, 3.63) is 51.6 Å². The number of hydrogen-bond acceptors (Lipinski definition) is 8. The van der Waals surface area contributed by atoms with Gasteiger partial charge in [-0.25, -0.2) is 27.5 Å². The van der Waals surface area contributed by atoms with Gasteiger partial charge >= 0.3 is 5.69 Å². The van der Waals surface area contributed by atoms with Crippen LogP contribution in [-0.4, -0.2) is 48.8 Å². The molecule has 0 bridgehead atoms. The van der Waals surface area contributed by atoms with Crippen LogP contribution in [0.4, 0.5) is 15.9 Å². The quantitative estimate of drug-likeness (QED) is 0.350. The Kier molecular flexibility index (Phi) is 6.48. The summed E-state index contributed by atoms with van der Waals surface area (Å²) in [5.74, 6) is -0.252. The molecule has 13 heteroatoms. The zero-order valence-electron chi connectivity index (χ0n) is 15.6. The van der Waals surface area contributed by atoms with E-state index >= 15 is 0 Å². The maximum Gasteiger partial charge on any atom is 0.311 e. The number of nitrogens with one attached hydrogen (secondary N) is 2. The second kappa shape index (κ2) is 8.90. The number of nitro groups is 1. The summed E-state index contributed by atoms with van der Waals surface area (Å²) >= 11 is 5.85. The summed E-state index contributed by atoms with van der Waals surface area (Å²) < 4.78 is 43.2. The van der Waals surface area contributed by atoms with Crippen LogP contribution in [0.1, 0.15) is 6.42 Å². The molecule has 1 atom stereocenters. The van der Waals surface area contributed by atoms with Crippen molar-refractivity contribution in [1.29, 1.82) is 0 Å². The molecular formula is C17H17ClFN5O5S. The molecule has 3 rings (SSSR count). The van der Waals surface area contributed by atoms with E-state index in [0.717, 1.165) is 6.26 Å². The minimum atomic E-state index is -3.40. The Balaban J connectivity index is 1.86. The van der Waals surface area contributed by atoms with Gasteiger partial charge in [0.1, 0.15) is 24.6 Å². The third kappa shape index (κ3) is 5.40. The minimum Gasteiger partial charge on any atom is -0.485 e. The summed E-state index contributed by atoms with van der Waals surface area (Å²) in [7, 11) is -3.40. The van der Waals surface area contributed by atoms with Gasteiger partial charge in [0, 0.05) is 30.5 Å². The van der Waals surface area contributed by atoms with Gasteiger partial charge in [-0.15, -0.1) is 0 Å². The van der Waals surface area contributed by atoms with E-state index in [1.807, 2.05) is 0 Å². The standard InChI is InChI=1S/C17H17ClFN5O5S/c1-30(27,28)22-4-5-29-16-8-14-11(7-15(16)24(25)26)17(21-9-20-14)23-10-2-3-13(19)12(18)6-10/h2-3,7-10,22H,4-6H2,1H3,(H,20,21,23). The molecule has 0 fully saturated rings. The number of nitro benzene ring substituents is 1. The summed E-state index contributed by atoms with van der Waals surface area (Å²) in [5.41, 5.74) is 0.0413. The van der Waals surface area contributed by atoms with E-state index < -0.39 is 20.8 Å². The summed E-state index contributed by atoms with van der Waals surface area (Å²) in [4.78, 5) is 19.1. The normalized spacial score (nSPS) is 16.7. The van der Waals surface area contributed by atoms with Crippen molar-refractivity contribution >= 4 is 44.0 Å². The molecular weight excluding hydrogens is 441 g/mol. The second-order valence-electron chi connectivity index (χ2n) is 6.40. The highest BCUT2D eigenvalue weighted by atomic mass is 35.5. The summed E-state index contributed by atoms with van der Waals surface area (Å²) in [6, 6.07) is 2.29. The number of hydrogen-bond donors (Lipinski definition) is 2. The predicted octanol–water partition coefficient (Wildman–Crippen LogP) is 2.63. The average Bonchev–Trinajstić information content (AvgIpc) is 2.67. The number of rotatable bonds is 8. The first-order valence-electron chi connectivity index (χ1n) is 8.63. The Morgan fingerprint density at radius 3 is 2.83 bits per heavy atom. The lowest BCUT2D eigenvalue weighted by atomic mass is 10.1. The van der Waals surface area contributed by atoms with E-state index in [4.69, 9.17) is 16.3 Å². The molecule has 1 aromatic heterocycles. The number of fused-ring (bicyclic) bond motifs is 1. The highest BCUT2D eigenvalue weighted by molar-refractivity contribution is 7.88. The van der Waals surface area contributed by atoms with Gasteiger partial charge in [0.15, 0.2) is 5.75 Å². The van der Waals surface area contributed by atoms with Gasteiger partial charge in [-0.1, -0.05) is 17.7 Å². The van der Waals surface area contributed by atoms with Gasteiger partial charge in [0.2, 0.25) is 10.0 Å². The molecule has 0 radical (unpaired) electrons. The van der Waals surface area contributed by atoms with Crippen LogP contribution in [0.25, 0.3) is 10.9 Å². The first-order chi connectivity index (χ1) is 14.1. The van der Waals surface area contributed by atoms with Crippen LogP contribution in [0.5, 0.6) is 5.75 Å². The second-order valence-corrected chi connectivity index (χ2v) is 8.69. The van der Waals surface area contributed by atoms with E-state index in [0.29, 0.717) is 16.7 Å². The van der Waals surface area contributed by atoms with Gasteiger partial charge in [-0.3, -0.25) is 10.1 Å². The number of sulfonamides is 1. The Morgan fingerprint density at radius 1 is 1.40 bits per heavy atom. The molecule has 10 nitrogen and oxygen atoms in total. The number of anilines is 1. The van der Waals surface area contributed by atoms with Gasteiger partial charge < -0.3 is 10.1 Å². The van der Waals surface area contributed by atoms with Crippen LogP contribution in [0, 0.1) is 10.1 Å². The number of benzene rings is 1. The molecule has 0 amide bonds. The van der Waals surface area contributed by atoms with Crippen LogP contribution in [0.2, 0.25) is 0 Å². The maximum atomic E-state index is 13.4. The molecule has 2 aromatic rings. The van der Waals surface area contributed by atoms with Gasteiger partial charge in [0.05, 0.1) is 27.8 Å². The van der Waals surface area contributed by atoms with Crippen molar-refractivity contribution in [2.24, 2.45) is 0 Å². The molecule has 0 aliphatic heterocycles. The number of nitrogens with zero attached hydrogens (tertiary/aromatic N) is 3. The van der Waals surface area contributed by atoms with Crippen molar-refractivity contribution in [2.75, 3.05) is 24.7 Å². The van der Waals surface area contributed by atoms with Gasteiger partial charge in [0.25, 0.3) is 0 Å². The molecule has 1 aliphatic rings. The van der Waals surface area contributed by atoms with Gasteiger partial charge in [-0.2, -0.15) is 0 Å². The Bertz CT molecular complexity index is 1150. The molecule has 0 spiro atoms. The largest absolute Gasteiger partial charge is 0.485 e. The fourth-order valence-corrected chi connectivity index (χ4v) is 3.44. The summed E-state index contributed by atoms with van der Waals surface area (Å²) in [6.45, 7) is -0.164. The van der Waals surface area contributed by atoms with E-state index in [1.54, 1.807) is 6.08 Å². The highest BCUT2D eigenvalue weighted by Crippen LogP contribution is 2.34. The molecule has 1 heterocycles. The van der Waals surface area contributed by atoms with Crippen LogP contribution in [0.3, 0.4) is 0 Å². The van der Waals surface area contributed by atoms with E-state index in [1.165, 1.54) is 24.5 Å². The van der Waals surface area contributed by atoms with Crippen molar-refractivity contribution < 1.29 is 22.5 Å². The molecule has 1 aromatic carbocycles. The third-order valence-corrected chi connectivity index (χ3v) is 5.16. The van der Waals surface area contributed by atoms with Crippen LogP contribution in [-0.2, 0) is 10.0 Å². The minimum absolute atomic E-state index is 0.0521. The lowest BCUT2D eigenvalue weighted by Crippen LogP contribution is -2.27. The zero-order valence-corrected chi connectivity index (χ0v) is 17.2. The lowest BCUT2D eigenvalue weighted by Gasteiger charge is -2.19. The van der Waals surface area contributed by atoms with E-state index in [-0.39, 0.29) is 42.1 Å². The predicted molar refractivity (Wildman–Crippen MR) is 110 cm³/mol. The Morgan fingerprint density at radius 2 is 2.17 bits per heavy atom.